The van der Waals surface area contributed by atoms with E-state index in [9.17, 15) is 4.79 Å². The van der Waals surface area contributed by atoms with Crippen LogP contribution in [0.15, 0.2) is 24.3 Å². The lowest BCUT2D eigenvalue weighted by Gasteiger charge is -2.34. The number of rotatable bonds is 7. The van der Waals surface area contributed by atoms with Gasteiger partial charge in [-0.05, 0) is 57.7 Å². The number of hydrogen-bond acceptors (Lipinski definition) is 4. The van der Waals surface area contributed by atoms with Crippen LogP contribution in [0.4, 0.5) is 16.2 Å². The Morgan fingerprint density at radius 2 is 1.79 bits per heavy atom. The molecule has 1 N–H and O–H groups in total. The lowest BCUT2D eigenvalue weighted by atomic mass is 9.81. The molecular weight excluding hydrogens is 304 g/mol. The number of hydrogen-bond donors (Lipinski definition) is 1. The van der Waals surface area contributed by atoms with Crippen molar-refractivity contribution in [2.45, 2.75) is 60.4 Å². The second-order valence-corrected chi connectivity index (χ2v) is 7.71. The molecule has 5 heteroatoms. The first kappa shape index (κ1) is 20.3. The zero-order valence-corrected chi connectivity index (χ0v) is 16.1. The Morgan fingerprint density at radius 1 is 1.12 bits per heavy atom. The predicted molar refractivity (Wildman–Crippen MR) is 99.3 cm³/mol. The number of carbonyl (C=O) groups is 1. The summed E-state index contributed by atoms with van der Waals surface area (Å²) in [5, 5.41) is 4.75. The van der Waals surface area contributed by atoms with Gasteiger partial charge in [0.1, 0.15) is 0 Å². The SMILES string of the molecule is CCOC(=O)N(OCC)c1cccc(NC(C)(C)CC(C)(C)C)c1. The monoisotopic (exact) mass is 336 g/mol. The molecule has 0 unspecified atom stereocenters. The summed E-state index contributed by atoms with van der Waals surface area (Å²) in [6.45, 7) is 15.3. The van der Waals surface area contributed by atoms with E-state index < -0.39 is 6.09 Å². The summed E-state index contributed by atoms with van der Waals surface area (Å²) in [6, 6.07) is 7.62. The van der Waals surface area contributed by atoms with E-state index in [2.05, 4.69) is 39.9 Å². The minimum absolute atomic E-state index is 0.0722. The maximum absolute atomic E-state index is 12.1. The van der Waals surface area contributed by atoms with E-state index in [-0.39, 0.29) is 11.0 Å². The number of nitrogens with one attached hydrogen (secondary N) is 1. The molecule has 0 atom stereocenters. The molecule has 0 saturated carbocycles. The Kier molecular flexibility index (Phi) is 7.08. The zero-order chi connectivity index (χ0) is 18.4. The molecule has 0 spiro atoms. The van der Waals surface area contributed by atoms with Gasteiger partial charge in [0.25, 0.3) is 0 Å². The number of carbonyl (C=O) groups excluding carboxylic acids is 1. The molecule has 0 aliphatic heterocycles. The lowest BCUT2D eigenvalue weighted by molar-refractivity contribution is 0.0835. The summed E-state index contributed by atoms with van der Waals surface area (Å²) in [6.07, 6.45) is 0.502. The van der Waals surface area contributed by atoms with Gasteiger partial charge in [0.05, 0.1) is 18.9 Å². The van der Waals surface area contributed by atoms with Gasteiger partial charge in [-0.3, -0.25) is 4.84 Å². The molecule has 1 aromatic carbocycles. The Bertz CT molecular complexity index is 536. The van der Waals surface area contributed by atoms with Gasteiger partial charge in [-0.15, -0.1) is 0 Å². The number of nitrogens with zero attached hydrogens (tertiary/aromatic N) is 1. The average molecular weight is 336 g/mol. The van der Waals surface area contributed by atoms with Gasteiger partial charge in [-0.2, -0.15) is 5.06 Å². The largest absolute Gasteiger partial charge is 0.448 e. The lowest BCUT2D eigenvalue weighted by Crippen LogP contribution is -2.35. The Balaban J connectivity index is 2.97. The normalized spacial score (nSPS) is 12.0. The van der Waals surface area contributed by atoms with Crippen molar-refractivity contribution in [3.8, 4) is 0 Å². The third kappa shape index (κ3) is 6.79. The fourth-order valence-corrected chi connectivity index (χ4v) is 3.01. The van der Waals surface area contributed by atoms with Crippen LogP contribution in [0.2, 0.25) is 0 Å². The van der Waals surface area contributed by atoms with E-state index in [1.165, 1.54) is 5.06 Å². The van der Waals surface area contributed by atoms with Crippen LogP contribution in [0.3, 0.4) is 0 Å². The molecule has 0 fully saturated rings. The summed E-state index contributed by atoms with van der Waals surface area (Å²) < 4.78 is 5.06. The van der Waals surface area contributed by atoms with Crippen molar-refractivity contribution < 1.29 is 14.4 Å². The summed E-state index contributed by atoms with van der Waals surface area (Å²) in [7, 11) is 0. The number of benzene rings is 1. The molecular formula is C19H32N2O3. The molecule has 1 amide bonds. The van der Waals surface area contributed by atoms with Gasteiger partial charge in [0, 0.05) is 11.2 Å². The summed E-state index contributed by atoms with van der Waals surface area (Å²) in [5.74, 6) is 0. The maximum Gasteiger partial charge on any atom is 0.438 e. The second-order valence-electron chi connectivity index (χ2n) is 7.71. The third-order valence-corrected chi connectivity index (χ3v) is 3.23. The van der Waals surface area contributed by atoms with E-state index >= 15 is 0 Å². The van der Waals surface area contributed by atoms with E-state index in [0.717, 1.165) is 12.1 Å². The van der Waals surface area contributed by atoms with Crippen LogP contribution in [-0.2, 0) is 9.57 Å². The fraction of sp³-hybridized carbons (Fsp3) is 0.632. The minimum atomic E-state index is -0.509. The number of amides is 1. The smallest absolute Gasteiger partial charge is 0.438 e. The van der Waals surface area contributed by atoms with E-state index in [1.807, 2.05) is 31.2 Å². The van der Waals surface area contributed by atoms with Gasteiger partial charge < -0.3 is 10.1 Å². The fourth-order valence-electron chi connectivity index (χ4n) is 3.01. The maximum atomic E-state index is 12.1. The summed E-state index contributed by atoms with van der Waals surface area (Å²) in [4.78, 5) is 17.5. The summed E-state index contributed by atoms with van der Waals surface area (Å²) >= 11 is 0. The van der Waals surface area contributed by atoms with E-state index in [1.54, 1.807) is 6.92 Å². The van der Waals surface area contributed by atoms with Gasteiger partial charge in [0.15, 0.2) is 0 Å². The van der Waals surface area contributed by atoms with Crippen molar-refractivity contribution in [1.29, 1.82) is 0 Å². The van der Waals surface area contributed by atoms with Crippen LogP contribution >= 0.6 is 0 Å². The molecule has 0 aliphatic rings. The number of hydroxylamine groups is 1. The van der Waals surface area contributed by atoms with Crippen LogP contribution in [0.25, 0.3) is 0 Å². The second kappa shape index (κ2) is 8.38. The standard InChI is InChI=1S/C19H32N2O3/c1-8-23-17(22)21(24-9-2)16-12-10-11-15(13-16)20-19(6,7)14-18(3,4)5/h10-13,20H,8-9,14H2,1-7H3. The first-order valence-electron chi connectivity index (χ1n) is 8.56. The van der Waals surface area contributed by atoms with Crippen LogP contribution in [0.1, 0.15) is 54.9 Å². The van der Waals surface area contributed by atoms with Crippen LogP contribution in [0, 0.1) is 5.41 Å². The molecule has 0 saturated heterocycles. The Labute approximate surface area is 146 Å². The highest BCUT2D eigenvalue weighted by Crippen LogP contribution is 2.31. The first-order chi connectivity index (χ1) is 11.1. The highest BCUT2D eigenvalue weighted by Gasteiger charge is 2.25. The van der Waals surface area contributed by atoms with Gasteiger partial charge in [-0.25, -0.2) is 4.79 Å². The molecule has 0 heterocycles. The molecule has 24 heavy (non-hydrogen) atoms. The van der Waals surface area contributed by atoms with Crippen LogP contribution in [0.5, 0.6) is 0 Å². The highest BCUT2D eigenvalue weighted by atomic mass is 16.7. The first-order valence-corrected chi connectivity index (χ1v) is 8.56. The predicted octanol–water partition coefficient (Wildman–Crippen LogP) is 5.23. The van der Waals surface area contributed by atoms with Crippen molar-refractivity contribution in [1.82, 2.24) is 0 Å². The molecule has 0 aliphatic carbocycles. The van der Waals surface area contributed by atoms with Crippen molar-refractivity contribution in [3.05, 3.63) is 24.3 Å². The minimum Gasteiger partial charge on any atom is -0.448 e. The molecule has 1 rings (SSSR count). The Morgan fingerprint density at radius 3 is 2.33 bits per heavy atom. The van der Waals surface area contributed by atoms with Gasteiger partial charge in [-0.1, -0.05) is 26.8 Å². The van der Waals surface area contributed by atoms with E-state index in [0.29, 0.717) is 18.9 Å². The number of ether oxygens (including phenoxy) is 1. The third-order valence-electron chi connectivity index (χ3n) is 3.23. The average Bonchev–Trinajstić information content (AvgIpc) is 2.41. The van der Waals surface area contributed by atoms with Crippen molar-refractivity contribution in [3.63, 3.8) is 0 Å². The number of anilines is 2. The molecule has 0 bridgehead atoms. The van der Waals surface area contributed by atoms with Crippen LogP contribution in [-0.4, -0.2) is 24.8 Å². The zero-order valence-electron chi connectivity index (χ0n) is 16.1. The van der Waals surface area contributed by atoms with Gasteiger partial charge in [0.2, 0.25) is 0 Å². The van der Waals surface area contributed by atoms with Gasteiger partial charge >= 0.3 is 6.09 Å². The van der Waals surface area contributed by atoms with Crippen molar-refractivity contribution >= 4 is 17.5 Å². The molecule has 136 valence electrons. The molecule has 1 aromatic rings. The molecule has 5 nitrogen and oxygen atoms in total. The Hall–Kier alpha value is -1.75. The summed E-state index contributed by atoms with van der Waals surface area (Å²) in [5.41, 5.74) is 1.73. The molecule has 0 radical (unpaired) electrons. The van der Waals surface area contributed by atoms with E-state index in [4.69, 9.17) is 9.57 Å². The topological polar surface area (TPSA) is 50.8 Å². The van der Waals surface area contributed by atoms with Crippen molar-refractivity contribution in [2.24, 2.45) is 5.41 Å². The van der Waals surface area contributed by atoms with Crippen molar-refractivity contribution in [2.75, 3.05) is 23.6 Å². The van der Waals surface area contributed by atoms with Crippen LogP contribution < -0.4 is 10.4 Å². The quantitative estimate of drug-likeness (QED) is 0.693. The highest BCUT2D eigenvalue weighted by molar-refractivity contribution is 5.86. The molecule has 0 aromatic heterocycles.